The number of aryl methyl sites for hydroxylation is 1. The van der Waals surface area contributed by atoms with Gasteiger partial charge in [-0.25, -0.2) is 0 Å². The first-order chi connectivity index (χ1) is 8.38. The van der Waals surface area contributed by atoms with Gasteiger partial charge >= 0.3 is 6.18 Å². The van der Waals surface area contributed by atoms with Gasteiger partial charge in [-0.1, -0.05) is 6.42 Å². The second-order valence-corrected chi connectivity index (χ2v) is 5.48. The minimum atomic E-state index is -4.15. The number of likely N-dealkylation sites (tertiary alicyclic amines) is 1. The topological polar surface area (TPSA) is 21.1 Å². The Kier molecular flexibility index (Phi) is 4.01. The fourth-order valence-corrected chi connectivity index (χ4v) is 2.86. The Morgan fingerprint density at radius 3 is 2.72 bits per heavy atom. The summed E-state index contributed by atoms with van der Waals surface area (Å²) >= 11 is 3.32. The van der Waals surface area contributed by atoms with Gasteiger partial charge in [0.1, 0.15) is 6.04 Å². The minimum Gasteiger partial charge on any atom is -0.286 e. The minimum absolute atomic E-state index is 0.188. The van der Waals surface area contributed by atoms with E-state index >= 15 is 0 Å². The monoisotopic (exact) mass is 325 g/mol. The van der Waals surface area contributed by atoms with Crippen molar-refractivity contribution in [1.82, 2.24) is 14.7 Å². The SMILES string of the molecule is Cn1cc(Br)c(CN2CCCCC2C(F)(F)F)n1. The predicted octanol–water partition coefficient (Wildman–Crippen LogP) is 3.10. The van der Waals surface area contributed by atoms with Crippen LogP contribution in [0.1, 0.15) is 25.0 Å². The molecule has 7 heteroatoms. The van der Waals surface area contributed by atoms with Gasteiger partial charge in [0.05, 0.1) is 10.2 Å². The maximum absolute atomic E-state index is 12.9. The zero-order valence-corrected chi connectivity index (χ0v) is 11.6. The Bertz CT molecular complexity index is 416. The van der Waals surface area contributed by atoms with Crippen molar-refractivity contribution in [2.24, 2.45) is 7.05 Å². The molecule has 0 spiro atoms. The number of alkyl halides is 3. The third-order valence-corrected chi connectivity index (χ3v) is 3.86. The summed E-state index contributed by atoms with van der Waals surface area (Å²) in [5, 5.41) is 4.18. The van der Waals surface area contributed by atoms with Crippen LogP contribution in [-0.2, 0) is 13.6 Å². The third kappa shape index (κ3) is 3.06. The van der Waals surface area contributed by atoms with Gasteiger partial charge in [-0.3, -0.25) is 9.58 Å². The van der Waals surface area contributed by atoms with E-state index in [-0.39, 0.29) is 13.0 Å². The molecule has 1 saturated heterocycles. The quantitative estimate of drug-likeness (QED) is 0.833. The molecule has 1 aliphatic rings. The number of rotatable bonds is 2. The lowest BCUT2D eigenvalue weighted by Crippen LogP contribution is -2.48. The van der Waals surface area contributed by atoms with Crippen molar-refractivity contribution in [2.75, 3.05) is 6.54 Å². The molecule has 0 aliphatic carbocycles. The largest absolute Gasteiger partial charge is 0.404 e. The van der Waals surface area contributed by atoms with Crippen LogP contribution in [0.5, 0.6) is 0 Å². The standard InChI is InChI=1S/C11H15BrF3N3/c1-17-6-8(12)9(16-17)7-18-5-3-2-4-10(18)11(13,14)15/h6,10H,2-5,7H2,1H3. The van der Waals surface area contributed by atoms with Crippen LogP contribution in [0, 0.1) is 0 Å². The first-order valence-corrected chi connectivity index (χ1v) is 6.66. The summed E-state index contributed by atoms with van der Waals surface area (Å²) in [4.78, 5) is 1.48. The maximum Gasteiger partial charge on any atom is 0.404 e. The van der Waals surface area contributed by atoms with Crippen molar-refractivity contribution < 1.29 is 13.2 Å². The summed E-state index contributed by atoms with van der Waals surface area (Å²) in [6.07, 6.45) is -0.751. The highest BCUT2D eigenvalue weighted by Gasteiger charge is 2.44. The van der Waals surface area contributed by atoms with E-state index in [4.69, 9.17) is 0 Å². The zero-order chi connectivity index (χ0) is 13.3. The van der Waals surface area contributed by atoms with E-state index in [1.807, 2.05) is 0 Å². The van der Waals surface area contributed by atoms with E-state index in [9.17, 15) is 13.2 Å². The van der Waals surface area contributed by atoms with Gasteiger partial charge in [0.2, 0.25) is 0 Å². The summed E-state index contributed by atoms with van der Waals surface area (Å²) < 4.78 is 41.1. The summed E-state index contributed by atoms with van der Waals surface area (Å²) in [5.41, 5.74) is 0.661. The number of hydrogen-bond donors (Lipinski definition) is 0. The Labute approximate surface area is 112 Å². The highest BCUT2D eigenvalue weighted by molar-refractivity contribution is 9.10. The lowest BCUT2D eigenvalue weighted by atomic mass is 10.0. The first-order valence-electron chi connectivity index (χ1n) is 5.86. The van der Waals surface area contributed by atoms with E-state index in [1.54, 1.807) is 17.9 Å². The second kappa shape index (κ2) is 5.21. The Hall–Kier alpha value is -0.560. The normalized spacial score (nSPS) is 22.4. The number of halogens is 4. The number of piperidine rings is 1. The molecule has 0 bridgehead atoms. The van der Waals surface area contributed by atoms with Crippen LogP contribution in [0.3, 0.4) is 0 Å². The van der Waals surface area contributed by atoms with Crippen molar-refractivity contribution >= 4 is 15.9 Å². The van der Waals surface area contributed by atoms with Crippen LogP contribution in [0.2, 0.25) is 0 Å². The van der Waals surface area contributed by atoms with Gasteiger partial charge in [0, 0.05) is 19.8 Å². The maximum atomic E-state index is 12.9. The van der Waals surface area contributed by atoms with Crippen molar-refractivity contribution in [1.29, 1.82) is 0 Å². The highest BCUT2D eigenvalue weighted by atomic mass is 79.9. The molecule has 102 valence electrons. The van der Waals surface area contributed by atoms with Crippen LogP contribution >= 0.6 is 15.9 Å². The van der Waals surface area contributed by atoms with E-state index in [2.05, 4.69) is 21.0 Å². The van der Waals surface area contributed by atoms with Crippen LogP contribution < -0.4 is 0 Å². The van der Waals surface area contributed by atoms with E-state index in [1.165, 1.54) is 4.90 Å². The molecule has 1 atom stereocenters. The van der Waals surface area contributed by atoms with E-state index < -0.39 is 12.2 Å². The molecule has 0 radical (unpaired) electrons. The van der Waals surface area contributed by atoms with Crippen molar-refractivity contribution in [3.05, 3.63) is 16.4 Å². The smallest absolute Gasteiger partial charge is 0.286 e. The number of aromatic nitrogens is 2. The van der Waals surface area contributed by atoms with Crippen molar-refractivity contribution in [2.45, 2.75) is 38.0 Å². The third-order valence-electron chi connectivity index (χ3n) is 3.20. The first kappa shape index (κ1) is 13.9. The molecule has 0 amide bonds. The fourth-order valence-electron chi connectivity index (χ4n) is 2.36. The molecule has 1 aliphatic heterocycles. The summed E-state index contributed by atoms with van der Waals surface area (Å²) in [6, 6.07) is -1.33. The lowest BCUT2D eigenvalue weighted by Gasteiger charge is -2.36. The predicted molar refractivity (Wildman–Crippen MR) is 65.0 cm³/mol. The molecule has 3 nitrogen and oxygen atoms in total. The number of nitrogens with zero attached hydrogens (tertiary/aromatic N) is 3. The summed E-state index contributed by atoms with van der Waals surface area (Å²) in [6.45, 7) is 0.721. The molecule has 1 aromatic rings. The summed E-state index contributed by atoms with van der Waals surface area (Å²) in [5.74, 6) is 0. The zero-order valence-electron chi connectivity index (χ0n) is 10.0. The molecule has 18 heavy (non-hydrogen) atoms. The molecule has 0 aromatic carbocycles. The van der Waals surface area contributed by atoms with Crippen LogP contribution in [0.15, 0.2) is 10.7 Å². The molecule has 1 unspecified atom stereocenters. The van der Waals surface area contributed by atoms with Gasteiger partial charge in [-0.15, -0.1) is 0 Å². The molecule has 1 fully saturated rings. The van der Waals surface area contributed by atoms with Gasteiger partial charge in [0.25, 0.3) is 0 Å². The Morgan fingerprint density at radius 2 is 2.17 bits per heavy atom. The van der Waals surface area contributed by atoms with Crippen LogP contribution in [0.25, 0.3) is 0 Å². The highest BCUT2D eigenvalue weighted by Crippen LogP contribution is 2.33. The molecule has 1 aromatic heterocycles. The fraction of sp³-hybridized carbons (Fsp3) is 0.727. The Balaban J connectivity index is 2.13. The average molecular weight is 326 g/mol. The lowest BCUT2D eigenvalue weighted by molar-refractivity contribution is -0.192. The van der Waals surface area contributed by atoms with Gasteiger partial charge in [-0.2, -0.15) is 18.3 Å². The molecular weight excluding hydrogens is 311 g/mol. The van der Waals surface area contributed by atoms with Crippen molar-refractivity contribution in [3.8, 4) is 0 Å². The Morgan fingerprint density at radius 1 is 1.44 bits per heavy atom. The van der Waals surface area contributed by atoms with Crippen LogP contribution in [-0.4, -0.2) is 33.4 Å². The molecular formula is C11H15BrF3N3. The molecule has 2 heterocycles. The molecule has 2 rings (SSSR count). The van der Waals surface area contributed by atoms with Gasteiger partial charge in [0.15, 0.2) is 0 Å². The van der Waals surface area contributed by atoms with Gasteiger partial charge < -0.3 is 0 Å². The average Bonchev–Trinajstić information content (AvgIpc) is 2.57. The van der Waals surface area contributed by atoms with Crippen LogP contribution in [0.4, 0.5) is 13.2 Å². The van der Waals surface area contributed by atoms with E-state index in [0.29, 0.717) is 18.7 Å². The second-order valence-electron chi connectivity index (χ2n) is 4.62. The van der Waals surface area contributed by atoms with E-state index in [0.717, 1.165) is 10.9 Å². The summed E-state index contributed by atoms with van der Waals surface area (Å²) in [7, 11) is 1.76. The molecule has 0 N–H and O–H groups in total. The van der Waals surface area contributed by atoms with Crippen molar-refractivity contribution in [3.63, 3.8) is 0 Å². The van der Waals surface area contributed by atoms with Gasteiger partial charge in [-0.05, 0) is 35.3 Å². The molecule has 0 saturated carbocycles. The number of hydrogen-bond acceptors (Lipinski definition) is 2.